The van der Waals surface area contributed by atoms with E-state index in [-0.39, 0.29) is 0 Å². The average molecular weight is 536 g/mol. The largest absolute Gasteiger partial charge is 0.481 e. The highest BCUT2D eigenvalue weighted by Crippen LogP contribution is 2.48. The molecule has 0 aliphatic heterocycles. The van der Waals surface area contributed by atoms with Crippen LogP contribution in [0.2, 0.25) is 0 Å². The number of aliphatic carboxylic acids is 1. The molecule has 1 saturated carbocycles. The first kappa shape index (κ1) is 26.7. The molecule has 4 aromatic rings. The van der Waals surface area contributed by atoms with Gasteiger partial charge in [0.2, 0.25) is 0 Å². The lowest BCUT2D eigenvalue weighted by Gasteiger charge is -2.13. The molecule has 3 aromatic carbocycles. The van der Waals surface area contributed by atoms with Crippen molar-refractivity contribution in [3.63, 3.8) is 0 Å². The van der Waals surface area contributed by atoms with Gasteiger partial charge >= 0.3 is 12.1 Å². The molecular weight excluding hydrogens is 507 g/mol. The van der Waals surface area contributed by atoms with E-state index >= 15 is 0 Å². The summed E-state index contributed by atoms with van der Waals surface area (Å²) in [6, 6.07) is 20.1. The highest BCUT2D eigenvalue weighted by atomic mass is 19.4. The van der Waals surface area contributed by atoms with E-state index in [2.05, 4.69) is 5.16 Å². The lowest BCUT2D eigenvalue weighted by Crippen LogP contribution is -2.19. The van der Waals surface area contributed by atoms with Crippen LogP contribution in [-0.4, -0.2) is 21.3 Å². The number of carbonyl (C=O) groups is 1. The van der Waals surface area contributed by atoms with Gasteiger partial charge < -0.3 is 14.7 Å². The molecule has 1 aliphatic carbocycles. The summed E-state index contributed by atoms with van der Waals surface area (Å²) in [4.78, 5) is 11.6. The Labute approximate surface area is 223 Å². The molecule has 0 spiro atoms. The second kappa shape index (κ2) is 10.3. The molecule has 2 N–H and O–H groups in total. The van der Waals surface area contributed by atoms with Gasteiger partial charge in [-0.25, -0.2) is 0 Å². The summed E-state index contributed by atoms with van der Waals surface area (Å²) in [5.41, 5.74) is 4.33. The Morgan fingerprint density at radius 3 is 2.05 bits per heavy atom. The van der Waals surface area contributed by atoms with Crippen molar-refractivity contribution in [1.29, 1.82) is 0 Å². The summed E-state index contributed by atoms with van der Waals surface area (Å²) in [7, 11) is 0. The first-order chi connectivity index (χ1) is 18.6. The number of aliphatic hydroxyl groups is 1. The quantitative estimate of drug-likeness (QED) is 0.232. The van der Waals surface area contributed by atoms with Gasteiger partial charge in [0.05, 0.1) is 22.8 Å². The summed E-state index contributed by atoms with van der Waals surface area (Å²) >= 11 is 0. The maximum absolute atomic E-state index is 12.8. The van der Waals surface area contributed by atoms with E-state index in [1.807, 2.05) is 55.5 Å². The van der Waals surface area contributed by atoms with Gasteiger partial charge in [-0.1, -0.05) is 65.8 Å². The number of alkyl halides is 3. The molecule has 1 unspecified atom stereocenters. The fourth-order valence-corrected chi connectivity index (χ4v) is 4.99. The fourth-order valence-electron chi connectivity index (χ4n) is 4.99. The second-order valence-electron chi connectivity index (χ2n) is 10.1. The number of benzene rings is 3. The van der Waals surface area contributed by atoms with Crippen molar-refractivity contribution in [1.82, 2.24) is 5.16 Å². The van der Waals surface area contributed by atoms with Gasteiger partial charge in [-0.2, -0.15) is 13.2 Å². The van der Waals surface area contributed by atoms with Gasteiger partial charge in [0.1, 0.15) is 0 Å². The molecule has 202 valence electrons. The molecule has 8 heteroatoms. The van der Waals surface area contributed by atoms with Crippen molar-refractivity contribution < 1.29 is 32.7 Å². The van der Waals surface area contributed by atoms with Crippen molar-refractivity contribution >= 4 is 5.97 Å². The molecule has 1 aliphatic rings. The van der Waals surface area contributed by atoms with E-state index in [4.69, 9.17) is 4.52 Å². The summed E-state index contributed by atoms with van der Waals surface area (Å²) in [6.45, 7) is 1.86. The van der Waals surface area contributed by atoms with Crippen LogP contribution in [0.1, 0.15) is 59.7 Å². The Balaban J connectivity index is 1.23. The molecule has 1 aromatic heterocycles. The number of carboxylic acids is 1. The van der Waals surface area contributed by atoms with Crippen LogP contribution < -0.4 is 0 Å². The van der Waals surface area contributed by atoms with Crippen molar-refractivity contribution in [3.05, 3.63) is 101 Å². The molecule has 5 rings (SSSR count). The van der Waals surface area contributed by atoms with Crippen LogP contribution in [0.25, 0.3) is 22.5 Å². The molecule has 39 heavy (non-hydrogen) atoms. The van der Waals surface area contributed by atoms with E-state index in [0.717, 1.165) is 45.6 Å². The van der Waals surface area contributed by atoms with Crippen LogP contribution in [-0.2, 0) is 22.8 Å². The van der Waals surface area contributed by atoms with Gasteiger partial charge in [0, 0.05) is 11.1 Å². The molecule has 5 nitrogen and oxygen atoms in total. The number of hydrogen-bond acceptors (Lipinski definition) is 4. The van der Waals surface area contributed by atoms with E-state index in [9.17, 15) is 28.2 Å². The number of aliphatic hydroxyl groups excluding tert-OH is 1. The van der Waals surface area contributed by atoms with Gasteiger partial charge in [0.15, 0.2) is 5.76 Å². The number of carboxylic acid groups (broad SMARTS) is 1. The smallest absolute Gasteiger partial charge is 0.416 e. The Morgan fingerprint density at radius 1 is 0.949 bits per heavy atom. The maximum atomic E-state index is 12.8. The molecule has 1 heterocycles. The third-order valence-corrected chi connectivity index (χ3v) is 7.59. The average Bonchev–Trinajstić information content (AvgIpc) is 3.67. The molecule has 1 atom stereocenters. The zero-order valence-electron chi connectivity index (χ0n) is 21.3. The SMILES string of the molecule is Cc1noc(-c2ccc(-c3ccc(C4(C(=O)O)CC4)cc3)cc2)c1CCCC(O)c1ccc(C(F)(F)F)cc1. The summed E-state index contributed by atoms with van der Waals surface area (Å²) in [6.07, 6.45) is -2.36. The number of hydrogen-bond donors (Lipinski definition) is 2. The molecule has 0 radical (unpaired) electrons. The topological polar surface area (TPSA) is 83.6 Å². The first-order valence-electron chi connectivity index (χ1n) is 12.8. The molecule has 0 bridgehead atoms. The van der Waals surface area contributed by atoms with Crippen molar-refractivity contribution in [2.24, 2.45) is 0 Å². The number of halogens is 3. The summed E-state index contributed by atoms with van der Waals surface area (Å²) in [5, 5.41) is 24.1. The molecule has 0 saturated heterocycles. The minimum Gasteiger partial charge on any atom is -0.481 e. The monoisotopic (exact) mass is 535 g/mol. The maximum Gasteiger partial charge on any atom is 0.416 e. The second-order valence-corrected chi connectivity index (χ2v) is 10.1. The van der Waals surface area contributed by atoms with E-state index in [0.29, 0.717) is 43.4 Å². The number of aryl methyl sites for hydroxylation is 1. The summed E-state index contributed by atoms with van der Waals surface area (Å²) < 4.78 is 44.0. The standard InChI is InChI=1S/C31H28F3NO4/c1-19-26(3-2-4-27(36)22-11-15-25(16-12-22)31(32,33)34)28(39-35-19)23-7-5-20(6-8-23)21-9-13-24(14-10-21)30(17-18-30)29(37)38/h5-16,27,36H,2-4,17-18H2,1H3,(H,37,38). The zero-order valence-corrected chi connectivity index (χ0v) is 21.3. The Bertz CT molecular complexity index is 1450. The zero-order chi connectivity index (χ0) is 27.8. The van der Waals surface area contributed by atoms with Gasteiger partial charge in [-0.3, -0.25) is 4.79 Å². The lowest BCUT2D eigenvalue weighted by atomic mass is 9.93. The number of nitrogens with zero attached hydrogens (tertiary/aromatic N) is 1. The van der Waals surface area contributed by atoms with Crippen LogP contribution in [0.15, 0.2) is 77.3 Å². The van der Waals surface area contributed by atoms with Crippen LogP contribution in [0.3, 0.4) is 0 Å². The lowest BCUT2D eigenvalue weighted by molar-refractivity contribution is -0.140. The Kier molecular flexibility index (Phi) is 7.07. The fraction of sp³-hybridized carbons (Fsp3) is 0.290. The Hall–Kier alpha value is -3.91. The highest BCUT2D eigenvalue weighted by molar-refractivity contribution is 5.85. The molecule has 0 amide bonds. The van der Waals surface area contributed by atoms with E-state index in [1.165, 1.54) is 12.1 Å². The van der Waals surface area contributed by atoms with Gasteiger partial charge in [-0.15, -0.1) is 0 Å². The van der Waals surface area contributed by atoms with Crippen molar-refractivity contribution in [2.45, 2.75) is 56.7 Å². The van der Waals surface area contributed by atoms with E-state index in [1.54, 1.807) is 0 Å². The highest BCUT2D eigenvalue weighted by Gasteiger charge is 2.51. The van der Waals surface area contributed by atoms with Gasteiger partial charge in [0.25, 0.3) is 0 Å². The number of rotatable bonds is 9. The van der Waals surface area contributed by atoms with Crippen molar-refractivity contribution in [2.75, 3.05) is 0 Å². The third kappa shape index (κ3) is 5.47. The predicted molar refractivity (Wildman–Crippen MR) is 140 cm³/mol. The number of aromatic nitrogens is 1. The van der Waals surface area contributed by atoms with E-state index < -0.39 is 29.2 Å². The van der Waals surface area contributed by atoms with Gasteiger partial charge in [-0.05, 0) is 73.4 Å². The third-order valence-electron chi connectivity index (χ3n) is 7.59. The minimum atomic E-state index is -4.41. The predicted octanol–water partition coefficient (Wildman–Crippen LogP) is 7.51. The first-order valence-corrected chi connectivity index (χ1v) is 12.8. The summed E-state index contributed by atoms with van der Waals surface area (Å²) in [5.74, 6) is -0.123. The Morgan fingerprint density at radius 2 is 1.51 bits per heavy atom. The van der Waals surface area contributed by atoms with Crippen LogP contribution in [0.4, 0.5) is 13.2 Å². The van der Waals surface area contributed by atoms with Crippen LogP contribution >= 0.6 is 0 Å². The van der Waals surface area contributed by atoms with Crippen LogP contribution in [0, 0.1) is 6.92 Å². The van der Waals surface area contributed by atoms with Crippen LogP contribution in [0.5, 0.6) is 0 Å². The van der Waals surface area contributed by atoms with Crippen molar-refractivity contribution in [3.8, 4) is 22.5 Å². The normalized spacial score (nSPS) is 15.2. The molecular formula is C31H28F3NO4. The molecule has 1 fully saturated rings. The minimum absolute atomic E-state index is 0.382.